The molecule has 0 aliphatic heterocycles. The summed E-state index contributed by atoms with van der Waals surface area (Å²) in [7, 11) is -3.77. The zero-order valence-corrected chi connectivity index (χ0v) is 16.6. The first-order valence-corrected chi connectivity index (χ1v) is 10.1. The topological polar surface area (TPSA) is 66.5 Å². The zero-order chi connectivity index (χ0) is 19.6. The van der Waals surface area contributed by atoms with Crippen LogP contribution in [0.4, 0.5) is 15.8 Å². The molecule has 0 saturated carbocycles. The smallest absolute Gasteiger partial charge is 0.247 e. The SMILES string of the molecule is Cc1ccc(N([C@H](C)C(=O)Nc2ccc(F)c(Cl)c2)S(C)(=O)=O)cc1Cl. The standard InChI is InChI=1S/C17H17Cl2FN2O3S/c1-10-4-6-13(9-14(10)18)22(26(3,24)25)11(2)17(23)21-12-5-7-16(20)15(19)8-12/h4-9,11H,1-3H3,(H,21,23)/t11-/m1/s1. The Hall–Kier alpha value is -1.83. The second-order valence-electron chi connectivity index (χ2n) is 5.79. The number of anilines is 2. The Labute approximate surface area is 161 Å². The molecule has 1 N–H and O–H groups in total. The number of benzene rings is 2. The van der Waals surface area contributed by atoms with Crippen LogP contribution in [0.5, 0.6) is 0 Å². The van der Waals surface area contributed by atoms with E-state index in [2.05, 4.69) is 5.32 Å². The molecule has 0 aromatic heterocycles. The normalized spacial score (nSPS) is 12.5. The number of nitrogens with zero attached hydrogens (tertiary/aromatic N) is 1. The van der Waals surface area contributed by atoms with Gasteiger partial charge in [-0.3, -0.25) is 9.10 Å². The monoisotopic (exact) mass is 418 g/mol. The van der Waals surface area contributed by atoms with E-state index in [0.717, 1.165) is 22.2 Å². The van der Waals surface area contributed by atoms with Crippen molar-refractivity contribution in [3.63, 3.8) is 0 Å². The minimum Gasteiger partial charge on any atom is -0.324 e. The molecule has 9 heteroatoms. The third-order valence-corrected chi connectivity index (χ3v) is 5.62. The van der Waals surface area contributed by atoms with Gasteiger partial charge in [0.25, 0.3) is 0 Å². The molecule has 0 fully saturated rings. The summed E-state index contributed by atoms with van der Waals surface area (Å²) in [5.74, 6) is -1.22. The van der Waals surface area contributed by atoms with Crippen LogP contribution >= 0.6 is 23.2 Å². The van der Waals surface area contributed by atoms with Crippen LogP contribution in [0.15, 0.2) is 36.4 Å². The molecule has 2 aromatic carbocycles. The third kappa shape index (κ3) is 4.66. The molecule has 0 aliphatic carbocycles. The Balaban J connectivity index is 2.34. The highest BCUT2D eigenvalue weighted by Gasteiger charge is 2.29. The number of hydrogen-bond acceptors (Lipinski definition) is 3. The van der Waals surface area contributed by atoms with E-state index >= 15 is 0 Å². The Morgan fingerprint density at radius 1 is 1.15 bits per heavy atom. The van der Waals surface area contributed by atoms with Gasteiger partial charge in [-0.15, -0.1) is 0 Å². The molecule has 2 aromatic rings. The quantitative estimate of drug-likeness (QED) is 0.789. The second kappa shape index (κ2) is 7.82. The fraction of sp³-hybridized carbons (Fsp3) is 0.235. The van der Waals surface area contributed by atoms with E-state index in [4.69, 9.17) is 23.2 Å². The number of sulfonamides is 1. The molecular weight excluding hydrogens is 402 g/mol. The predicted octanol–water partition coefficient (Wildman–Crippen LogP) is 4.23. The first-order chi connectivity index (χ1) is 12.0. The van der Waals surface area contributed by atoms with Gasteiger partial charge in [0.05, 0.1) is 17.0 Å². The highest BCUT2D eigenvalue weighted by Crippen LogP contribution is 2.27. The van der Waals surface area contributed by atoms with Crippen molar-refractivity contribution < 1.29 is 17.6 Å². The molecule has 1 amide bonds. The fourth-order valence-electron chi connectivity index (χ4n) is 2.35. The van der Waals surface area contributed by atoms with Gasteiger partial charge >= 0.3 is 0 Å². The second-order valence-corrected chi connectivity index (χ2v) is 8.46. The van der Waals surface area contributed by atoms with Gasteiger partial charge in [0, 0.05) is 10.7 Å². The number of amides is 1. The lowest BCUT2D eigenvalue weighted by atomic mass is 10.2. The average molecular weight is 419 g/mol. The molecule has 0 spiro atoms. The maximum Gasteiger partial charge on any atom is 0.247 e. The van der Waals surface area contributed by atoms with Gasteiger partial charge in [-0.2, -0.15) is 0 Å². The zero-order valence-electron chi connectivity index (χ0n) is 14.3. The number of hydrogen-bond donors (Lipinski definition) is 1. The van der Waals surface area contributed by atoms with E-state index in [-0.39, 0.29) is 16.4 Å². The van der Waals surface area contributed by atoms with Crippen LogP contribution in [-0.2, 0) is 14.8 Å². The Morgan fingerprint density at radius 3 is 2.35 bits per heavy atom. The molecular formula is C17H17Cl2FN2O3S. The predicted molar refractivity (Wildman–Crippen MR) is 103 cm³/mol. The Kier molecular flexibility index (Phi) is 6.16. The number of carbonyl (C=O) groups is 1. The van der Waals surface area contributed by atoms with Crippen molar-refractivity contribution in [2.75, 3.05) is 15.9 Å². The van der Waals surface area contributed by atoms with Crippen LogP contribution in [0.2, 0.25) is 10.0 Å². The summed E-state index contributed by atoms with van der Waals surface area (Å²) in [6.45, 7) is 3.22. The molecule has 0 radical (unpaired) electrons. The van der Waals surface area contributed by atoms with Crippen molar-refractivity contribution in [3.05, 3.63) is 57.8 Å². The van der Waals surface area contributed by atoms with E-state index in [1.807, 2.05) is 0 Å². The van der Waals surface area contributed by atoms with Gasteiger partial charge in [0.1, 0.15) is 11.9 Å². The van der Waals surface area contributed by atoms with Crippen LogP contribution in [0, 0.1) is 12.7 Å². The molecule has 2 rings (SSSR count). The fourth-order valence-corrected chi connectivity index (χ4v) is 3.87. The van der Waals surface area contributed by atoms with Crippen LogP contribution < -0.4 is 9.62 Å². The Morgan fingerprint density at radius 2 is 1.81 bits per heavy atom. The molecule has 0 bridgehead atoms. The first-order valence-electron chi connectivity index (χ1n) is 7.52. The number of rotatable bonds is 5. The average Bonchev–Trinajstić information content (AvgIpc) is 2.53. The Bertz CT molecular complexity index is 951. The first kappa shape index (κ1) is 20.5. The van der Waals surface area contributed by atoms with Gasteiger partial charge < -0.3 is 5.32 Å². The van der Waals surface area contributed by atoms with Crippen molar-refractivity contribution >= 4 is 50.5 Å². The van der Waals surface area contributed by atoms with Crippen molar-refractivity contribution in [1.29, 1.82) is 0 Å². The van der Waals surface area contributed by atoms with Crippen LogP contribution in [-0.4, -0.2) is 26.6 Å². The maximum absolute atomic E-state index is 13.2. The van der Waals surface area contributed by atoms with Crippen LogP contribution in [0.3, 0.4) is 0 Å². The molecule has 0 heterocycles. The molecule has 0 saturated heterocycles. The van der Waals surface area contributed by atoms with Crippen molar-refractivity contribution in [3.8, 4) is 0 Å². The highest BCUT2D eigenvalue weighted by atomic mass is 35.5. The van der Waals surface area contributed by atoms with Crippen molar-refractivity contribution in [1.82, 2.24) is 0 Å². The summed E-state index contributed by atoms with van der Waals surface area (Å²) in [5, 5.41) is 2.76. The lowest BCUT2D eigenvalue weighted by molar-refractivity contribution is -0.116. The summed E-state index contributed by atoms with van der Waals surface area (Å²) in [6.07, 6.45) is 0.999. The number of nitrogens with one attached hydrogen (secondary N) is 1. The lowest BCUT2D eigenvalue weighted by Crippen LogP contribution is -2.45. The summed E-state index contributed by atoms with van der Waals surface area (Å²) in [4.78, 5) is 12.5. The summed E-state index contributed by atoms with van der Waals surface area (Å²) in [5.41, 5.74) is 1.30. The van der Waals surface area contributed by atoms with Gasteiger partial charge in [0.15, 0.2) is 0 Å². The van der Waals surface area contributed by atoms with Gasteiger partial charge in [0.2, 0.25) is 15.9 Å². The largest absolute Gasteiger partial charge is 0.324 e. The molecule has 140 valence electrons. The molecule has 1 atom stereocenters. The van der Waals surface area contributed by atoms with Crippen molar-refractivity contribution in [2.45, 2.75) is 19.9 Å². The van der Waals surface area contributed by atoms with E-state index in [9.17, 15) is 17.6 Å². The number of halogens is 3. The summed E-state index contributed by atoms with van der Waals surface area (Å²) < 4.78 is 38.7. The van der Waals surface area contributed by atoms with E-state index < -0.39 is 27.8 Å². The summed E-state index contributed by atoms with van der Waals surface area (Å²) >= 11 is 11.8. The van der Waals surface area contributed by atoms with Gasteiger partial charge in [-0.25, -0.2) is 12.8 Å². The van der Waals surface area contributed by atoms with Crippen LogP contribution in [0.1, 0.15) is 12.5 Å². The molecule has 26 heavy (non-hydrogen) atoms. The van der Waals surface area contributed by atoms with Gasteiger partial charge in [-0.1, -0.05) is 29.3 Å². The number of carbonyl (C=O) groups excluding carboxylic acids is 1. The van der Waals surface area contributed by atoms with E-state index in [1.165, 1.54) is 25.1 Å². The molecule has 0 aliphatic rings. The molecule has 0 unspecified atom stereocenters. The highest BCUT2D eigenvalue weighted by molar-refractivity contribution is 7.92. The third-order valence-electron chi connectivity index (χ3n) is 3.69. The molecule has 5 nitrogen and oxygen atoms in total. The van der Waals surface area contributed by atoms with E-state index in [0.29, 0.717) is 5.02 Å². The lowest BCUT2D eigenvalue weighted by Gasteiger charge is -2.28. The van der Waals surface area contributed by atoms with Crippen molar-refractivity contribution in [2.24, 2.45) is 0 Å². The van der Waals surface area contributed by atoms with E-state index in [1.54, 1.807) is 19.1 Å². The van der Waals surface area contributed by atoms with Gasteiger partial charge in [-0.05, 0) is 49.7 Å². The minimum absolute atomic E-state index is 0.152. The minimum atomic E-state index is -3.77. The van der Waals surface area contributed by atoms with Crippen LogP contribution in [0.25, 0.3) is 0 Å². The summed E-state index contributed by atoms with van der Waals surface area (Å²) in [6, 6.07) is 7.33. The maximum atomic E-state index is 13.2. The number of aryl methyl sites for hydroxylation is 1.